The lowest BCUT2D eigenvalue weighted by Crippen LogP contribution is -1.99. The van der Waals surface area contributed by atoms with Gasteiger partial charge in [0.2, 0.25) is 0 Å². The highest BCUT2D eigenvalue weighted by molar-refractivity contribution is 7.18. The van der Waals surface area contributed by atoms with E-state index in [9.17, 15) is 0 Å². The molecule has 0 atom stereocenters. The van der Waals surface area contributed by atoms with Gasteiger partial charge < -0.3 is 4.57 Å². The molecule has 0 bridgehead atoms. The van der Waals surface area contributed by atoms with Crippen LogP contribution in [0.5, 0.6) is 0 Å². The van der Waals surface area contributed by atoms with Gasteiger partial charge in [0.05, 0.1) is 27.8 Å². The van der Waals surface area contributed by atoms with Crippen LogP contribution in [-0.2, 0) is 0 Å². The van der Waals surface area contributed by atoms with Crippen molar-refractivity contribution in [2.45, 2.75) is 0 Å². The van der Waals surface area contributed by atoms with E-state index in [1.54, 1.807) is 17.5 Å². The lowest BCUT2D eigenvalue weighted by atomic mass is 10.1. The van der Waals surface area contributed by atoms with Gasteiger partial charge in [-0.2, -0.15) is 0 Å². The zero-order valence-corrected chi connectivity index (χ0v) is 26.9. The van der Waals surface area contributed by atoms with Crippen molar-refractivity contribution >= 4 is 54.9 Å². The van der Waals surface area contributed by atoms with Gasteiger partial charge in [-0.1, -0.05) is 96.3 Å². The number of para-hydroxylation sites is 5. The average Bonchev–Trinajstić information content (AvgIpc) is 3.89. The number of aromatic nitrogens is 6. The Morgan fingerprint density at radius 2 is 1.06 bits per heavy atom. The molecule has 0 radical (unpaired) electrons. The third-order valence-corrected chi connectivity index (χ3v) is 10.2. The lowest BCUT2D eigenvalue weighted by Gasteiger charge is -2.11. The molecule has 5 heterocycles. The largest absolute Gasteiger partial charge is 0.309 e. The fourth-order valence-electron chi connectivity index (χ4n) is 7.13. The molecular formula is C42H26N6S. The molecule has 0 spiro atoms. The summed E-state index contributed by atoms with van der Waals surface area (Å²) in [4.78, 5) is 9.48. The monoisotopic (exact) mass is 646 g/mol. The van der Waals surface area contributed by atoms with E-state index in [4.69, 9.17) is 15.2 Å². The minimum Gasteiger partial charge on any atom is -0.309 e. The summed E-state index contributed by atoms with van der Waals surface area (Å²) in [6, 6.07) is 50.7. The Hall–Kier alpha value is -6.44. The first-order valence-corrected chi connectivity index (χ1v) is 17.0. The number of benzene rings is 5. The fourth-order valence-corrected chi connectivity index (χ4v) is 8.03. The smallest absolute Gasteiger partial charge is 0.150 e. The molecule has 0 unspecified atom stereocenters. The van der Waals surface area contributed by atoms with Crippen molar-refractivity contribution in [1.82, 2.24) is 29.3 Å². The normalized spacial score (nSPS) is 11.7. The molecule has 0 N–H and O–H groups in total. The molecule has 0 amide bonds. The van der Waals surface area contributed by atoms with Gasteiger partial charge >= 0.3 is 0 Å². The summed E-state index contributed by atoms with van der Waals surface area (Å²) in [6.07, 6.45) is 3.63. The predicted octanol–water partition coefficient (Wildman–Crippen LogP) is 10.5. The number of nitrogens with zero attached hydrogens (tertiary/aromatic N) is 6. The SMILES string of the molecule is c1ccc(-n2c3ccccc3c3cccc(-c4nnc(-c5cccc6c7ccccc7n(-c7cccc(-c8cccnc8)n7)c56)s4)c32)cc1. The molecule has 0 saturated heterocycles. The Bertz CT molecular complexity index is 2830. The number of rotatable bonds is 5. The molecule has 0 aliphatic carbocycles. The molecule has 5 aromatic carbocycles. The summed E-state index contributed by atoms with van der Waals surface area (Å²) in [7, 11) is 0. The summed E-state index contributed by atoms with van der Waals surface area (Å²) >= 11 is 1.62. The number of hydrogen-bond acceptors (Lipinski definition) is 5. The van der Waals surface area contributed by atoms with Crippen LogP contribution in [0.4, 0.5) is 0 Å². The molecule has 5 aromatic heterocycles. The van der Waals surface area contributed by atoms with Crippen LogP contribution in [0.15, 0.2) is 158 Å². The highest BCUT2D eigenvalue weighted by atomic mass is 32.1. The van der Waals surface area contributed by atoms with Gasteiger partial charge in [-0.05, 0) is 60.7 Å². The van der Waals surface area contributed by atoms with E-state index >= 15 is 0 Å². The number of hydrogen-bond donors (Lipinski definition) is 0. The molecule has 10 rings (SSSR count). The maximum Gasteiger partial charge on any atom is 0.150 e. The zero-order chi connectivity index (χ0) is 32.3. The van der Waals surface area contributed by atoms with Gasteiger partial charge in [0.15, 0.2) is 0 Å². The van der Waals surface area contributed by atoms with Gasteiger partial charge in [-0.3, -0.25) is 9.55 Å². The predicted molar refractivity (Wildman–Crippen MR) is 200 cm³/mol. The van der Waals surface area contributed by atoms with Gasteiger partial charge in [-0.15, -0.1) is 10.2 Å². The van der Waals surface area contributed by atoms with Crippen LogP contribution in [0.25, 0.3) is 87.5 Å². The lowest BCUT2D eigenvalue weighted by molar-refractivity contribution is 1.07. The van der Waals surface area contributed by atoms with Crippen LogP contribution in [0, 0.1) is 0 Å². The van der Waals surface area contributed by atoms with Crippen molar-refractivity contribution in [1.29, 1.82) is 0 Å². The average molecular weight is 647 g/mol. The minimum atomic E-state index is 0.835. The minimum absolute atomic E-state index is 0.835. The molecule has 7 heteroatoms. The van der Waals surface area contributed by atoms with Crippen LogP contribution in [-0.4, -0.2) is 29.3 Å². The highest BCUT2D eigenvalue weighted by Gasteiger charge is 2.22. The van der Waals surface area contributed by atoms with Crippen molar-refractivity contribution in [3.05, 3.63) is 158 Å². The van der Waals surface area contributed by atoms with Gasteiger partial charge in [0, 0.05) is 56.3 Å². The highest BCUT2D eigenvalue weighted by Crippen LogP contribution is 2.43. The van der Waals surface area contributed by atoms with Crippen LogP contribution in [0.1, 0.15) is 0 Å². The van der Waals surface area contributed by atoms with E-state index in [1.807, 2.05) is 24.4 Å². The number of fused-ring (bicyclic) bond motifs is 6. The molecule has 49 heavy (non-hydrogen) atoms. The first-order valence-electron chi connectivity index (χ1n) is 16.2. The van der Waals surface area contributed by atoms with Crippen molar-refractivity contribution in [2.75, 3.05) is 0 Å². The molecule has 0 aliphatic heterocycles. The van der Waals surface area contributed by atoms with E-state index < -0.39 is 0 Å². The summed E-state index contributed by atoms with van der Waals surface area (Å²) in [5.74, 6) is 0.835. The van der Waals surface area contributed by atoms with E-state index in [1.165, 1.54) is 10.8 Å². The van der Waals surface area contributed by atoms with Crippen molar-refractivity contribution in [3.8, 4) is 43.9 Å². The van der Waals surface area contributed by atoms with Crippen molar-refractivity contribution < 1.29 is 0 Å². The molecule has 0 saturated carbocycles. The fraction of sp³-hybridized carbons (Fsp3) is 0. The second-order valence-electron chi connectivity index (χ2n) is 12.0. The molecule has 10 aromatic rings. The molecule has 0 fully saturated rings. The van der Waals surface area contributed by atoms with Crippen LogP contribution in [0.3, 0.4) is 0 Å². The maximum absolute atomic E-state index is 5.15. The van der Waals surface area contributed by atoms with Gasteiger partial charge in [-0.25, -0.2) is 4.98 Å². The second kappa shape index (κ2) is 11.1. The Morgan fingerprint density at radius 3 is 1.73 bits per heavy atom. The quantitative estimate of drug-likeness (QED) is 0.187. The van der Waals surface area contributed by atoms with E-state index in [0.29, 0.717) is 0 Å². The molecule has 0 aliphatic rings. The summed E-state index contributed by atoms with van der Waals surface area (Å²) < 4.78 is 4.61. The molecule has 230 valence electrons. The Labute approximate surface area is 285 Å². The summed E-state index contributed by atoms with van der Waals surface area (Å²) in [5.41, 5.74) is 9.46. The maximum atomic E-state index is 5.15. The zero-order valence-electron chi connectivity index (χ0n) is 26.1. The van der Waals surface area contributed by atoms with Gasteiger partial charge in [0.25, 0.3) is 0 Å². The third-order valence-electron chi connectivity index (χ3n) is 9.21. The summed E-state index contributed by atoms with van der Waals surface area (Å²) in [6.45, 7) is 0. The molecule has 6 nitrogen and oxygen atoms in total. The topological polar surface area (TPSA) is 61.4 Å². The standard InChI is InChI=1S/C42H26N6S/c1-2-13-28(14-3-1)47-36-22-6-4-15-29(36)31-17-8-19-33(39(31)47)41-45-46-42(49-41)34-20-9-18-32-30-16-5-7-23-37(30)48(40(32)34)38-24-10-21-35(44-38)27-12-11-25-43-26-27/h1-26H. The van der Waals surface area contributed by atoms with Crippen LogP contribution in [0.2, 0.25) is 0 Å². The summed E-state index contributed by atoms with van der Waals surface area (Å²) in [5, 5.41) is 16.2. The van der Waals surface area contributed by atoms with Crippen LogP contribution >= 0.6 is 11.3 Å². The van der Waals surface area contributed by atoms with Crippen molar-refractivity contribution in [2.24, 2.45) is 0 Å². The van der Waals surface area contributed by atoms with E-state index in [-0.39, 0.29) is 0 Å². The Balaban J connectivity index is 1.20. The van der Waals surface area contributed by atoms with E-state index in [2.05, 4.69) is 142 Å². The first kappa shape index (κ1) is 27.7. The third kappa shape index (κ3) is 4.33. The Kier molecular flexibility index (Phi) is 6.25. The van der Waals surface area contributed by atoms with Gasteiger partial charge in [0.1, 0.15) is 15.8 Å². The molecular weight excluding hydrogens is 621 g/mol. The van der Waals surface area contributed by atoms with E-state index in [0.717, 1.165) is 76.7 Å². The Morgan fingerprint density at radius 1 is 0.469 bits per heavy atom. The number of pyridine rings is 2. The van der Waals surface area contributed by atoms with Crippen molar-refractivity contribution in [3.63, 3.8) is 0 Å². The second-order valence-corrected chi connectivity index (χ2v) is 13.0. The first-order chi connectivity index (χ1) is 24.3. The van der Waals surface area contributed by atoms with Crippen LogP contribution < -0.4 is 0 Å².